The van der Waals surface area contributed by atoms with Crippen LogP contribution in [-0.2, 0) is 5.41 Å². The fraction of sp³-hybridized carbons (Fsp3) is 0.158. The van der Waals surface area contributed by atoms with Gasteiger partial charge in [0.15, 0.2) is 0 Å². The normalized spacial score (nSPS) is 17.8. The number of benzene rings is 2. The molecule has 0 unspecified atom stereocenters. The van der Waals surface area contributed by atoms with Gasteiger partial charge in [-0.1, -0.05) is 44.2 Å². The Labute approximate surface area is 118 Å². The lowest BCUT2D eigenvalue weighted by Crippen LogP contribution is -2.24. The number of hydrogen-bond acceptors (Lipinski definition) is 0. The molecule has 0 atom stereocenters. The first kappa shape index (κ1) is 11.7. The Bertz CT molecular complexity index is 791. The predicted octanol–water partition coefficient (Wildman–Crippen LogP) is 5.05. The number of rotatable bonds is 0. The fourth-order valence-corrected chi connectivity index (χ4v) is 3.44. The molecule has 0 saturated carbocycles. The highest BCUT2D eigenvalue weighted by Crippen LogP contribution is 2.51. The van der Waals surface area contributed by atoms with Gasteiger partial charge in [-0.3, -0.25) is 0 Å². The molecule has 0 heterocycles. The van der Waals surface area contributed by atoms with Crippen LogP contribution in [0.1, 0.15) is 36.1 Å². The number of hydrogen-bond donors (Lipinski definition) is 0. The minimum Gasteiger partial charge on any atom is -0.207 e. The molecule has 0 aliphatic heterocycles. The lowest BCUT2D eigenvalue weighted by molar-refractivity contribution is 0.613. The van der Waals surface area contributed by atoms with Crippen LogP contribution in [0.4, 0.5) is 4.39 Å². The van der Waals surface area contributed by atoms with E-state index in [-0.39, 0.29) is 11.2 Å². The van der Waals surface area contributed by atoms with Crippen molar-refractivity contribution in [1.29, 1.82) is 0 Å². The zero-order chi connectivity index (χ0) is 13.9. The standard InChI is InChI=1S/C19H15F/c1-19(2)17-8-7-14(20)9-13(17)10-16-15-6-4-3-5-12(15)11-18(16)19/h3-11H,1-2H3. The van der Waals surface area contributed by atoms with Crippen LogP contribution in [-0.4, -0.2) is 0 Å². The summed E-state index contributed by atoms with van der Waals surface area (Å²) in [5, 5.41) is 0. The monoisotopic (exact) mass is 262 g/mol. The molecule has 0 aromatic heterocycles. The van der Waals surface area contributed by atoms with Gasteiger partial charge in [0.2, 0.25) is 0 Å². The molecule has 0 N–H and O–H groups in total. The van der Waals surface area contributed by atoms with Gasteiger partial charge in [-0.05, 0) is 57.7 Å². The Balaban J connectivity index is 2.05. The largest absolute Gasteiger partial charge is 0.207 e. The van der Waals surface area contributed by atoms with E-state index in [1.807, 2.05) is 6.07 Å². The third-order valence-electron chi connectivity index (χ3n) is 4.50. The molecule has 0 fully saturated rings. The van der Waals surface area contributed by atoms with E-state index in [1.54, 1.807) is 12.1 Å². The SMILES string of the molecule is CC1(C)C2=Cc3ccccc3C2=Cc2cc(F)ccc21. The molecular formula is C19H15F. The van der Waals surface area contributed by atoms with Gasteiger partial charge in [0.1, 0.15) is 5.82 Å². The first-order valence-electron chi connectivity index (χ1n) is 6.91. The molecule has 98 valence electrons. The second-order valence-electron chi connectivity index (χ2n) is 6.06. The molecule has 2 aliphatic carbocycles. The molecule has 0 radical (unpaired) electrons. The zero-order valence-corrected chi connectivity index (χ0v) is 11.6. The average Bonchev–Trinajstić information content (AvgIpc) is 2.78. The van der Waals surface area contributed by atoms with Crippen molar-refractivity contribution in [2.24, 2.45) is 0 Å². The molecule has 0 saturated heterocycles. The minimum absolute atomic E-state index is 0.0911. The summed E-state index contributed by atoms with van der Waals surface area (Å²) in [6, 6.07) is 13.5. The van der Waals surface area contributed by atoms with Gasteiger partial charge in [-0.2, -0.15) is 0 Å². The Hall–Kier alpha value is -2.15. The van der Waals surface area contributed by atoms with Gasteiger partial charge < -0.3 is 0 Å². The molecule has 20 heavy (non-hydrogen) atoms. The van der Waals surface area contributed by atoms with Gasteiger partial charge in [0.25, 0.3) is 0 Å². The molecule has 1 heteroatoms. The molecule has 2 aliphatic rings. The Kier molecular flexibility index (Phi) is 2.15. The van der Waals surface area contributed by atoms with E-state index in [0.29, 0.717) is 0 Å². The molecule has 0 amide bonds. The predicted molar refractivity (Wildman–Crippen MR) is 81.7 cm³/mol. The van der Waals surface area contributed by atoms with Gasteiger partial charge in [0.05, 0.1) is 0 Å². The van der Waals surface area contributed by atoms with E-state index >= 15 is 0 Å². The third kappa shape index (κ3) is 1.41. The highest BCUT2D eigenvalue weighted by Gasteiger charge is 2.36. The van der Waals surface area contributed by atoms with Gasteiger partial charge in [0, 0.05) is 5.41 Å². The summed E-state index contributed by atoms with van der Waals surface area (Å²) < 4.78 is 13.5. The van der Waals surface area contributed by atoms with Crippen LogP contribution in [0, 0.1) is 5.82 Å². The van der Waals surface area contributed by atoms with Gasteiger partial charge >= 0.3 is 0 Å². The molecule has 2 aromatic rings. The van der Waals surface area contributed by atoms with E-state index in [4.69, 9.17) is 0 Å². The van der Waals surface area contributed by atoms with Gasteiger partial charge in [-0.25, -0.2) is 4.39 Å². The molecule has 0 bridgehead atoms. The minimum atomic E-state index is -0.171. The van der Waals surface area contributed by atoms with Crippen molar-refractivity contribution in [2.45, 2.75) is 19.3 Å². The summed E-state index contributed by atoms with van der Waals surface area (Å²) in [5.41, 5.74) is 7.19. The zero-order valence-electron chi connectivity index (χ0n) is 11.6. The molecular weight excluding hydrogens is 247 g/mol. The van der Waals surface area contributed by atoms with E-state index in [9.17, 15) is 4.39 Å². The molecule has 2 aromatic carbocycles. The molecule has 4 rings (SSSR count). The highest BCUT2D eigenvalue weighted by molar-refractivity contribution is 6.05. The van der Waals surface area contributed by atoms with Crippen molar-refractivity contribution in [3.8, 4) is 0 Å². The lowest BCUT2D eigenvalue weighted by atomic mass is 9.69. The maximum atomic E-state index is 13.5. The number of halogens is 1. The van der Waals surface area contributed by atoms with E-state index < -0.39 is 0 Å². The number of allylic oxidation sites excluding steroid dienone is 2. The lowest BCUT2D eigenvalue weighted by Gasteiger charge is -2.34. The number of fused-ring (bicyclic) bond motifs is 4. The van der Waals surface area contributed by atoms with Crippen molar-refractivity contribution in [3.63, 3.8) is 0 Å². The Morgan fingerprint density at radius 2 is 1.70 bits per heavy atom. The van der Waals surface area contributed by atoms with Crippen LogP contribution in [0.25, 0.3) is 17.7 Å². The second-order valence-corrected chi connectivity index (χ2v) is 6.06. The Morgan fingerprint density at radius 3 is 2.55 bits per heavy atom. The van der Waals surface area contributed by atoms with Crippen molar-refractivity contribution in [1.82, 2.24) is 0 Å². The van der Waals surface area contributed by atoms with Crippen molar-refractivity contribution >= 4 is 17.7 Å². The summed E-state index contributed by atoms with van der Waals surface area (Å²) >= 11 is 0. The van der Waals surface area contributed by atoms with Crippen LogP contribution in [0.15, 0.2) is 48.0 Å². The van der Waals surface area contributed by atoms with Crippen LogP contribution in [0.3, 0.4) is 0 Å². The second kappa shape index (κ2) is 3.69. The van der Waals surface area contributed by atoms with Crippen molar-refractivity contribution in [3.05, 3.63) is 76.1 Å². The van der Waals surface area contributed by atoms with Crippen LogP contribution >= 0.6 is 0 Å². The maximum Gasteiger partial charge on any atom is 0.123 e. The molecule has 0 nitrogen and oxygen atoms in total. The molecule has 0 spiro atoms. The fourth-order valence-electron chi connectivity index (χ4n) is 3.44. The summed E-state index contributed by atoms with van der Waals surface area (Å²) in [5.74, 6) is -0.171. The quantitative estimate of drug-likeness (QED) is 0.623. The van der Waals surface area contributed by atoms with Crippen molar-refractivity contribution in [2.75, 3.05) is 0 Å². The summed E-state index contributed by atoms with van der Waals surface area (Å²) in [6.07, 6.45) is 4.40. The maximum absolute atomic E-state index is 13.5. The smallest absolute Gasteiger partial charge is 0.123 e. The summed E-state index contributed by atoms with van der Waals surface area (Å²) in [4.78, 5) is 0. The summed E-state index contributed by atoms with van der Waals surface area (Å²) in [6.45, 7) is 4.43. The highest BCUT2D eigenvalue weighted by atomic mass is 19.1. The van der Waals surface area contributed by atoms with Crippen LogP contribution in [0.2, 0.25) is 0 Å². The van der Waals surface area contributed by atoms with E-state index in [0.717, 1.165) is 5.56 Å². The van der Waals surface area contributed by atoms with E-state index in [1.165, 1.54) is 27.8 Å². The van der Waals surface area contributed by atoms with Gasteiger partial charge in [-0.15, -0.1) is 0 Å². The topological polar surface area (TPSA) is 0 Å². The van der Waals surface area contributed by atoms with E-state index in [2.05, 4.69) is 50.3 Å². The average molecular weight is 262 g/mol. The first-order chi connectivity index (χ1) is 9.57. The third-order valence-corrected chi connectivity index (χ3v) is 4.50. The van der Waals surface area contributed by atoms with Crippen LogP contribution < -0.4 is 0 Å². The van der Waals surface area contributed by atoms with Crippen molar-refractivity contribution < 1.29 is 4.39 Å². The van der Waals surface area contributed by atoms with Crippen LogP contribution in [0.5, 0.6) is 0 Å². The first-order valence-corrected chi connectivity index (χ1v) is 6.91. The summed E-state index contributed by atoms with van der Waals surface area (Å²) in [7, 11) is 0. The Morgan fingerprint density at radius 1 is 0.900 bits per heavy atom.